The van der Waals surface area contributed by atoms with Crippen LogP contribution in [0.25, 0.3) is 0 Å². The van der Waals surface area contributed by atoms with Crippen molar-refractivity contribution in [3.05, 3.63) is 59.2 Å². The van der Waals surface area contributed by atoms with Gasteiger partial charge in [0.15, 0.2) is 16.5 Å². The SMILES string of the molecule is O=C(CCCCc1ccccc1)Oc1c(F)c(F)c(S(=O)(=O)O)c(F)c1F. The molecule has 0 bridgehead atoms. The molecule has 0 fully saturated rings. The molecule has 2 aromatic rings. The molecule has 146 valence electrons. The van der Waals surface area contributed by atoms with Crippen molar-refractivity contribution < 1.29 is 40.1 Å². The fourth-order valence-electron chi connectivity index (χ4n) is 2.32. The van der Waals surface area contributed by atoms with E-state index in [9.17, 15) is 30.8 Å². The van der Waals surface area contributed by atoms with E-state index in [2.05, 4.69) is 4.74 Å². The van der Waals surface area contributed by atoms with Crippen LogP contribution in [0.5, 0.6) is 5.75 Å². The van der Waals surface area contributed by atoms with Gasteiger partial charge in [0.1, 0.15) is 0 Å². The number of rotatable bonds is 7. The van der Waals surface area contributed by atoms with E-state index in [-0.39, 0.29) is 12.8 Å². The summed E-state index contributed by atoms with van der Waals surface area (Å²) >= 11 is 0. The first-order valence-electron chi connectivity index (χ1n) is 7.71. The van der Waals surface area contributed by atoms with Crippen LogP contribution in [-0.4, -0.2) is 18.9 Å². The van der Waals surface area contributed by atoms with Crippen molar-refractivity contribution >= 4 is 16.1 Å². The lowest BCUT2D eigenvalue weighted by atomic mass is 10.1. The van der Waals surface area contributed by atoms with E-state index < -0.39 is 50.0 Å². The maximum Gasteiger partial charge on any atom is 0.311 e. The highest BCUT2D eigenvalue weighted by Crippen LogP contribution is 2.32. The maximum atomic E-state index is 13.8. The summed E-state index contributed by atoms with van der Waals surface area (Å²) in [6.07, 6.45) is 1.19. The van der Waals surface area contributed by atoms with Gasteiger partial charge in [-0.05, 0) is 24.8 Å². The molecule has 0 aliphatic heterocycles. The molecule has 0 atom stereocenters. The normalized spacial score (nSPS) is 11.4. The zero-order chi connectivity index (χ0) is 20.2. The van der Waals surface area contributed by atoms with Gasteiger partial charge in [-0.15, -0.1) is 0 Å². The van der Waals surface area contributed by atoms with Gasteiger partial charge in [-0.2, -0.15) is 17.2 Å². The summed E-state index contributed by atoms with van der Waals surface area (Å²) in [4.78, 5) is 9.47. The van der Waals surface area contributed by atoms with Crippen LogP contribution in [-0.2, 0) is 21.3 Å². The second kappa shape index (κ2) is 8.49. The van der Waals surface area contributed by atoms with Crippen LogP contribution in [0.15, 0.2) is 35.2 Å². The van der Waals surface area contributed by atoms with Crippen LogP contribution in [0, 0.1) is 23.3 Å². The van der Waals surface area contributed by atoms with Crippen molar-refractivity contribution in [1.29, 1.82) is 0 Å². The highest BCUT2D eigenvalue weighted by Gasteiger charge is 2.33. The van der Waals surface area contributed by atoms with Gasteiger partial charge >= 0.3 is 16.1 Å². The largest absolute Gasteiger partial charge is 0.420 e. The molecule has 1 N–H and O–H groups in total. The number of hydrogen-bond donors (Lipinski definition) is 1. The van der Waals surface area contributed by atoms with Crippen molar-refractivity contribution in [3.8, 4) is 5.75 Å². The smallest absolute Gasteiger partial charge is 0.311 e. The van der Waals surface area contributed by atoms with Gasteiger partial charge in [0.2, 0.25) is 17.4 Å². The lowest BCUT2D eigenvalue weighted by Crippen LogP contribution is -2.15. The number of carbonyl (C=O) groups is 1. The summed E-state index contributed by atoms with van der Waals surface area (Å²) < 4.78 is 89.5. The average Bonchev–Trinajstić information content (AvgIpc) is 2.60. The summed E-state index contributed by atoms with van der Waals surface area (Å²) in [6.45, 7) is 0. The Morgan fingerprint density at radius 1 is 0.926 bits per heavy atom. The van der Waals surface area contributed by atoms with E-state index in [0.29, 0.717) is 12.8 Å². The molecule has 5 nitrogen and oxygen atoms in total. The third-order valence-corrected chi connectivity index (χ3v) is 4.47. The zero-order valence-corrected chi connectivity index (χ0v) is 14.5. The number of aryl methyl sites for hydroxylation is 1. The number of ether oxygens (including phenoxy) is 1. The van der Waals surface area contributed by atoms with E-state index in [1.54, 1.807) is 0 Å². The highest BCUT2D eigenvalue weighted by atomic mass is 32.2. The first-order chi connectivity index (χ1) is 12.6. The first-order valence-corrected chi connectivity index (χ1v) is 9.15. The van der Waals surface area contributed by atoms with Crippen molar-refractivity contribution in [1.82, 2.24) is 0 Å². The summed E-state index contributed by atoms with van der Waals surface area (Å²) in [7, 11) is -5.57. The minimum absolute atomic E-state index is 0.283. The Kier molecular flexibility index (Phi) is 6.55. The highest BCUT2D eigenvalue weighted by molar-refractivity contribution is 7.85. The van der Waals surface area contributed by atoms with Crippen molar-refractivity contribution in [2.75, 3.05) is 0 Å². The number of benzene rings is 2. The van der Waals surface area contributed by atoms with Crippen molar-refractivity contribution in [2.24, 2.45) is 0 Å². The summed E-state index contributed by atoms with van der Waals surface area (Å²) in [5.41, 5.74) is 1.02. The molecule has 0 saturated carbocycles. The van der Waals surface area contributed by atoms with Gasteiger partial charge in [-0.25, -0.2) is 8.78 Å². The minimum atomic E-state index is -5.57. The van der Waals surface area contributed by atoms with E-state index in [0.717, 1.165) is 5.56 Å². The average molecular weight is 406 g/mol. The zero-order valence-electron chi connectivity index (χ0n) is 13.7. The van der Waals surface area contributed by atoms with Gasteiger partial charge in [-0.3, -0.25) is 9.35 Å². The number of halogens is 4. The molecule has 0 unspecified atom stereocenters. The van der Waals surface area contributed by atoms with Gasteiger partial charge < -0.3 is 4.74 Å². The quantitative estimate of drug-likeness (QED) is 0.189. The Morgan fingerprint density at radius 3 is 2.00 bits per heavy atom. The third-order valence-electron chi connectivity index (χ3n) is 3.60. The maximum absolute atomic E-state index is 13.8. The van der Waals surface area contributed by atoms with Crippen LogP contribution in [0.3, 0.4) is 0 Å². The number of carbonyl (C=O) groups excluding carboxylic acids is 1. The Bertz CT molecular complexity index is 917. The molecule has 0 spiro atoms. The Hall–Kier alpha value is -2.46. The predicted octanol–water partition coefficient (Wildman–Crippen LogP) is 3.81. The van der Waals surface area contributed by atoms with E-state index in [4.69, 9.17) is 4.55 Å². The van der Waals surface area contributed by atoms with Crippen LogP contribution >= 0.6 is 0 Å². The molecular formula is C17H14F4O5S. The number of unbranched alkanes of at least 4 members (excludes halogenated alkanes) is 1. The lowest BCUT2D eigenvalue weighted by molar-refractivity contribution is -0.135. The van der Waals surface area contributed by atoms with E-state index >= 15 is 0 Å². The molecule has 10 heteroatoms. The molecule has 2 rings (SSSR count). The molecule has 2 aromatic carbocycles. The molecule has 0 radical (unpaired) electrons. The molecule has 27 heavy (non-hydrogen) atoms. The Balaban J connectivity index is 2.05. The molecule has 0 saturated heterocycles. The summed E-state index contributed by atoms with van der Waals surface area (Å²) in [5, 5.41) is 0. The standard InChI is InChI=1S/C17H14F4O5S/c18-12-14(20)17(27(23,24)25)15(21)13(19)16(12)26-11(22)9-5-4-8-10-6-2-1-3-7-10/h1-3,6-7H,4-5,8-9H2,(H,23,24,25). The minimum Gasteiger partial charge on any atom is -0.420 e. The fourth-order valence-corrected chi connectivity index (χ4v) is 2.95. The van der Waals surface area contributed by atoms with E-state index in [1.807, 2.05) is 30.3 Å². The number of esters is 1. The van der Waals surface area contributed by atoms with Crippen LogP contribution in [0.1, 0.15) is 24.8 Å². The van der Waals surface area contributed by atoms with Gasteiger partial charge in [0, 0.05) is 6.42 Å². The summed E-state index contributed by atoms with van der Waals surface area (Å²) in [5.74, 6) is -12.1. The monoisotopic (exact) mass is 406 g/mol. The van der Waals surface area contributed by atoms with Crippen molar-refractivity contribution in [2.45, 2.75) is 30.6 Å². The second-order valence-electron chi connectivity index (χ2n) is 5.56. The Morgan fingerprint density at radius 2 is 1.48 bits per heavy atom. The topological polar surface area (TPSA) is 80.7 Å². The lowest BCUT2D eigenvalue weighted by Gasteiger charge is -2.10. The van der Waals surface area contributed by atoms with Crippen LogP contribution in [0.2, 0.25) is 0 Å². The first kappa shape index (κ1) is 20.8. The van der Waals surface area contributed by atoms with Gasteiger partial charge in [0.05, 0.1) is 0 Å². The molecule has 0 aliphatic carbocycles. The molecular weight excluding hydrogens is 392 g/mol. The Labute approximate surface area is 152 Å². The van der Waals surface area contributed by atoms with Gasteiger partial charge in [0.25, 0.3) is 0 Å². The molecule has 0 aliphatic rings. The van der Waals surface area contributed by atoms with E-state index in [1.165, 1.54) is 0 Å². The second-order valence-corrected chi connectivity index (χ2v) is 6.91. The molecule has 0 amide bonds. The third kappa shape index (κ3) is 5.04. The van der Waals surface area contributed by atoms with Gasteiger partial charge in [-0.1, -0.05) is 30.3 Å². The fraction of sp³-hybridized carbons (Fsp3) is 0.235. The van der Waals surface area contributed by atoms with Crippen LogP contribution in [0.4, 0.5) is 17.6 Å². The molecule has 0 aromatic heterocycles. The van der Waals surface area contributed by atoms with Crippen molar-refractivity contribution in [3.63, 3.8) is 0 Å². The van der Waals surface area contributed by atoms with Crippen LogP contribution < -0.4 is 4.74 Å². The molecule has 0 heterocycles. The number of hydrogen-bond acceptors (Lipinski definition) is 4. The predicted molar refractivity (Wildman–Crippen MR) is 85.7 cm³/mol. The summed E-state index contributed by atoms with van der Waals surface area (Å²) in [6, 6.07) is 9.29.